The molecule has 0 bridgehead atoms. The van der Waals surface area contributed by atoms with Crippen LogP contribution in [0.4, 0.5) is 0 Å². The largest absolute Gasteiger partial charge is 0.377 e. The summed E-state index contributed by atoms with van der Waals surface area (Å²) in [7, 11) is 0. The Hall–Kier alpha value is -0.160. The van der Waals surface area contributed by atoms with Crippen molar-refractivity contribution >= 4 is 0 Å². The van der Waals surface area contributed by atoms with Gasteiger partial charge in [0.2, 0.25) is 0 Å². The molecule has 3 N–H and O–H groups in total. The highest BCUT2D eigenvalue weighted by molar-refractivity contribution is 4.40. The van der Waals surface area contributed by atoms with Gasteiger partial charge >= 0.3 is 0 Å². The smallest absolute Gasteiger partial charge is 0.127 e. The molecule has 4 nitrogen and oxygen atoms in total. The molecule has 0 aromatic carbocycles. The molecule has 62 valence electrons. The van der Waals surface area contributed by atoms with E-state index >= 15 is 0 Å². The molecule has 0 amide bonds. The Morgan fingerprint density at radius 2 is 2.30 bits per heavy atom. The van der Waals surface area contributed by atoms with Crippen molar-refractivity contribution in [1.29, 1.82) is 0 Å². The molecule has 0 heterocycles. The number of hydrogen-bond donors (Lipinski definition) is 2. The molecule has 0 radical (unpaired) electrons. The first kappa shape index (κ1) is 9.84. The van der Waals surface area contributed by atoms with Crippen molar-refractivity contribution in [3.8, 4) is 0 Å². The van der Waals surface area contributed by atoms with Gasteiger partial charge in [-0.25, -0.2) is 0 Å². The molecule has 0 aliphatic rings. The van der Waals surface area contributed by atoms with Gasteiger partial charge in [0.15, 0.2) is 0 Å². The minimum absolute atomic E-state index is 0.457. The van der Waals surface area contributed by atoms with Crippen LogP contribution in [0.5, 0.6) is 0 Å². The zero-order chi connectivity index (χ0) is 7.98. The second-order valence-electron chi connectivity index (χ2n) is 1.99. The highest BCUT2D eigenvalue weighted by Gasteiger charge is 2.06. The molecule has 0 spiro atoms. The lowest BCUT2D eigenvalue weighted by Gasteiger charge is -2.22. The fraction of sp³-hybridized carbons (Fsp3) is 1.00. The zero-order valence-electron chi connectivity index (χ0n) is 6.58. The lowest BCUT2D eigenvalue weighted by Crippen LogP contribution is -2.34. The van der Waals surface area contributed by atoms with Crippen LogP contribution >= 0.6 is 0 Å². The first-order chi connectivity index (χ1) is 4.72. The van der Waals surface area contributed by atoms with E-state index in [1.54, 1.807) is 6.92 Å². The van der Waals surface area contributed by atoms with Crippen LogP contribution in [-0.4, -0.2) is 36.1 Å². The van der Waals surface area contributed by atoms with E-state index < -0.39 is 6.23 Å². The van der Waals surface area contributed by atoms with Crippen molar-refractivity contribution in [3.63, 3.8) is 0 Å². The van der Waals surface area contributed by atoms with Crippen molar-refractivity contribution in [2.24, 2.45) is 5.73 Å². The van der Waals surface area contributed by atoms with E-state index in [9.17, 15) is 0 Å². The van der Waals surface area contributed by atoms with E-state index in [0.29, 0.717) is 19.7 Å². The predicted molar refractivity (Wildman–Crippen MR) is 39.1 cm³/mol. The van der Waals surface area contributed by atoms with Crippen molar-refractivity contribution in [2.45, 2.75) is 20.1 Å². The molecular formula is C6H16N2O2. The normalized spacial score (nSPS) is 14.1. The van der Waals surface area contributed by atoms with Crippen LogP contribution in [0, 0.1) is 0 Å². The third-order valence-corrected chi connectivity index (χ3v) is 1.10. The summed E-state index contributed by atoms with van der Waals surface area (Å²) in [5.74, 6) is 0. The Morgan fingerprint density at radius 3 is 2.60 bits per heavy atom. The summed E-state index contributed by atoms with van der Waals surface area (Å²) in [6, 6.07) is 0. The van der Waals surface area contributed by atoms with Gasteiger partial charge in [0.25, 0.3) is 0 Å². The maximum atomic E-state index is 9.00. The molecule has 0 rings (SSSR count). The van der Waals surface area contributed by atoms with Gasteiger partial charge in [0.05, 0.1) is 6.61 Å². The summed E-state index contributed by atoms with van der Waals surface area (Å²) in [5, 5.41) is 10.5. The van der Waals surface area contributed by atoms with Gasteiger partial charge in [-0.15, -0.1) is 0 Å². The van der Waals surface area contributed by atoms with Gasteiger partial charge in [0.1, 0.15) is 6.23 Å². The summed E-state index contributed by atoms with van der Waals surface area (Å²) in [6.07, 6.45) is -0.559. The Balaban J connectivity index is 3.40. The molecule has 4 heteroatoms. The molecule has 0 saturated heterocycles. The number of aliphatic hydroxyl groups is 1. The van der Waals surface area contributed by atoms with Crippen LogP contribution in [0.3, 0.4) is 0 Å². The minimum Gasteiger partial charge on any atom is -0.377 e. The molecule has 0 fully saturated rings. The second kappa shape index (κ2) is 5.61. The Kier molecular flexibility index (Phi) is 5.52. The first-order valence-electron chi connectivity index (χ1n) is 3.50. The fourth-order valence-corrected chi connectivity index (χ4v) is 0.633. The number of aliphatic hydroxyl groups excluding tert-OH is 1. The minimum atomic E-state index is -0.559. The van der Waals surface area contributed by atoms with Gasteiger partial charge in [-0.1, -0.05) is 0 Å². The van der Waals surface area contributed by atoms with Gasteiger partial charge in [-0.05, 0) is 13.8 Å². The molecule has 0 saturated carbocycles. The molecule has 0 aliphatic carbocycles. The van der Waals surface area contributed by atoms with E-state index in [-0.39, 0.29) is 0 Å². The molecule has 0 aromatic rings. The average Bonchev–Trinajstić information content (AvgIpc) is 1.89. The lowest BCUT2D eigenvalue weighted by molar-refractivity contribution is -0.228. The lowest BCUT2D eigenvalue weighted by atomic mass is 10.6. The number of nitrogens with zero attached hydrogens (tertiary/aromatic N) is 1. The quantitative estimate of drug-likeness (QED) is 0.409. The van der Waals surface area contributed by atoms with Crippen molar-refractivity contribution in [2.75, 3.05) is 19.7 Å². The Labute approximate surface area is 61.5 Å². The predicted octanol–water partition coefficient (Wildman–Crippen LogP) is -0.463. The van der Waals surface area contributed by atoms with Crippen LogP contribution in [0.25, 0.3) is 0 Å². The highest BCUT2D eigenvalue weighted by atomic mass is 16.7. The van der Waals surface area contributed by atoms with Gasteiger partial charge < -0.3 is 10.8 Å². The fourth-order valence-electron chi connectivity index (χ4n) is 0.633. The maximum Gasteiger partial charge on any atom is 0.127 e. The summed E-state index contributed by atoms with van der Waals surface area (Å²) >= 11 is 0. The van der Waals surface area contributed by atoms with Crippen molar-refractivity contribution in [3.05, 3.63) is 0 Å². The molecule has 10 heavy (non-hydrogen) atoms. The molecule has 0 aliphatic heterocycles. The highest BCUT2D eigenvalue weighted by Crippen LogP contribution is 1.94. The summed E-state index contributed by atoms with van der Waals surface area (Å²) in [6.45, 7) is 5.16. The van der Waals surface area contributed by atoms with E-state index in [4.69, 9.17) is 15.7 Å². The van der Waals surface area contributed by atoms with Gasteiger partial charge in [-0.2, -0.15) is 5.06 Å². The molecular weight excluding hydrogens is 132 g/mol. The molecule has 1 atom stereocenters. The number of rotatable bonds is 5. The van der Waals surface area contributed by atoms with E-state index in [0.717, 1.165) is 0 Å². The van der Waals surface area contributed by atoms with E-state index in [1.165, 1.54) is 5.06 Å². The van der Waals surface area contributed by atoms with Crippen LogP contribution in [0.2, 0.25) is 0 Å². The van der Waals surface area contributed by atoms with Crippen LogP contribution < -0.4 is 5.73 Å². The summed E-state index contributed by atoms with van der Waals surface area (Å²) in [5.41, 5.74) is 5.20. The summed E-state index contributed by atoms with van der Waals surface area (Å²) < 4.78 is 0. The maximum absolute atomic E-state index is 9.00. The van der Waals surface area contributed by atoms with Crippen molar-refractivity contribution in [1.82, 2.24) is 5.06 Å². The molecule has 0 aromatic heterocycles. The number of nitrogens with two attached hydrogens (primary N) is 1. The third kappa shape index (κ3) is 3.79. The molecule has 1 unspecified atom stereocenters. The van der Waals surface area contributed by atoms with Crippen LogP contribution in [0.1, 0.15) is 13.8 Å². The SMILES string of the molecule is CCN(OCCN)C(C)O. The van der Waals surface area contributed by atoms with Crippen LogP contribution in [0.15, 0.2) is 0 Å². The van der Waals surface area contributed by atoms with Crippen molar-refractivity contribution < 1.29 is 9.94 Å². The monoisotopic (exact) mass is 148 g/mol. The van der Waals surface area contributed by atoms with E-state index in [1.807, 2.05) is 6.92 Å². The zero-order valence-corrected chi connectivity index (χ0v) is 6.58. The topological polar surface area (TPSA) is 58.7 Å². The first-order valence-corrected chi connectivity index (χ1v) is 3.50. The van der Waals surface area contributed by atoms with Crippen LogP contribution in [-0.2, 0) is 4.84 Å². The van der Waals surface area contributed by atoms with Gasteiger partial charge in [0, 0.05) is 13.1 Å². The second-order valence-corrected chi connectivity index (χ2v) is 1.99. The summed E-state index contributed by atoms with van der Waals surface area (Å²) in [4.78, 5) is 5.06. The average molecular weight is 148 g/mol. The van der Waals surface area contributed by atoms with Gasteiger partial charge in [-0.3, -0.25) is 4.84 Å². The Bertz CT molecular complexity index is 78.1. The Morgan fingerprint density at radius 1 is 1.70 bits per heavy atom. The van der Waals surface area contributed by atoms with E-state index in [2.05, 4.69) is 0 Å². The number of hydroxylamine groups is 2. The third-order valence-electron chi connectivity index (χ3n) is 1.10. The standard InChI is InChI=1S/C6H16N2O2/c1-3-8(6(2)9)10-5-4-7/h6,9H,3-5,7H2,1-2H3. The number of hydrogen-bond acceptors (Lipinski definition) is 4.